The van der Waals surface area contributed by atoms with Crippen molar-refractivity contribution in [2.45, 2.75) is 17.5 Å². The van der Waals surface area contributed by atoms with Crippen molar-refractivity contribution in [1.29, 1.82) is 0 Å². The molecule has 1 nitrogen and oxygen atoms in total. The van der Waals surface area contributed by atoms with Gasteiger partial charge in [-0.25, -0.2) is 0 Å². The van der Waals surface area contributed by atoms with E-state index in [4.69, 9.17) is 11.6 Å². The fourth-order valence-corrected chi connectivity index (χ4v) is 2.19. The Morgan fingerprint density at radius 2 is 2.06 bits per heavy atom. The van der Waals surface area contributed by atoms with Gasteiger partial charge in [-0.15, -0.1) is 23.4 Å². The van der Waals surface area contributed by atoms with Crippen LogP contribution in [0.1, 0.15) is 11.1 Å². The third-order valence-corrected chi connectivity index (χ3v) is 3.30. The van der Waals surface area contributed by atoms with E-state index >= 15 is 0 Å². The Morgan fingerprint density at radius 3 is 2.53 bits per heavy atom. The van der Waals surface area contributed by atoms with E-state index in [-0.39, 0.29) is 17.9 Å². The van der Waals surface area contributed by atoms with E-state index in [1.807, 2.05) is 0 Å². The third-order valence-electron chi connectivity index (χ3n) is 2.18. The molecule has 0 unspecified atom stereocenters. The minimum absolute atomic E-state index is 0.0122. The standard InChI is InChI=1S/C11H10ClF3OS/c1-17-10-4-2-3-9(11(13,14)15)8(10)5-7(16)6-12/h2-4H,5-6H2,1H3. The molecule has 0 amide bonds. The van der Waals surface area contributed by atoms with Crippen molar-refractivity contribution in [2.75, 3.05) is 12.1 Å². The van der Waals surface area contributed by atoms with E-state index in [9.17, 15) is 18.0 Å². The number of carbonyl (C=O) groups is 1. The maximum absolute atomic E-state index is 12.8. The van der Waals surface area contributed by atoms with E-state index in [1.165, 1.54) is 17.8 Å². The molecule has 0 heterocycles. The smallest absolute Gasteiger partial charge is 0.298 e. The number of Topliss-reactive ketones (excluding diaryl/α,β-unsaturated/α-hetero) is 1. The van der Waals surface area contributed by atoms with Crippen LogP contribution in [0.4, 0.5) is 13.2 Å². The number of thioether (sulfide) groups is 1. The Morgan fingerprint density at radius 1 is 1.41 bits per heavy atom. The van der Waals surface area contributed by atoms with Gasteiger partial charge in [-0.05, 0) is 24.0 Å². The molecular formula is C11H10ClF3OS. The van der Waals surface area contributed by atoms with Crippen LogP contribution in [-0.4, -0.2) is 17.9 Å². The Labute approximate surface area is 106 Å². The van der Waals surface area contributed by atoms with Crippen molar-refractivity contribution in [3.8, 4) is 0 Å². The molecule has 0 radical (unpaired) electrons. The molecule has 0 saturated carbocycles. The average molecular weight is 283 g/mol. The number of benzene rings is 1. The molecule has 6 heteroatoms. The van der Waals surface area contributed by atoms with Gasteiger partial charge in [0.2, 0.25) is 0 Å². The van der Waals surface area contributed by atoms with E-state index in [0.29, 0.717) is 4.90 Å². The highest BCUT2D eigenvalue weighted by molar-refractivity contribution is 7.98. The predicted octanol–water partition coefficient (Wildman–Crippen LogP) is 3.78. The number of hydrogen-bond donors (Lipinski definition) is 0. The molecule has 1 aromatic rings. The van der Waals surface area contributed by atoms with Crippen molar-refractivity contribution >= 4 is 29.1 Å². The molecule has 0 aliphatic rings. The van der Waals surface area contributed by atoms with Crippen LogP contribution < -0.4 is 0 Å². The highest BCUT2D eigenvalue weighted by Crippen LogP contribution is 2.36. The van der Waals surface area contributed by atoms with Crippen molar-refractivity contribution in [3.05, 3.63) is 29.3 Å². The first-order valence-electron chi connectivity index (χ1n) is 4.71. The van der Waals surface area contributed by atoms with Gasteiger partial charge in [-0.3, -0.25) is 4.79 Å². The van der Waals surface area contributed by atoms with Crippen LogP contribution in [-0.2, 0) is 17.4 Å². The molecule has 0 aliphatic carbocycles. The molecule has 0 fully saturated rings. The quantitative estimate of drug-likeness (QED) is 0.617. The number of carbonyl (C=O) groups excluding carboxylic acids is 1. The monoisotopic (exact) mass is 282 g/mol. The first kappa shape index (κ1) is 14.4. The maximum atomic E-state index is 12.8. The van der Waals surface area contributed by atoms with Gasteiger partial charge in [0.25, 0.3) is 0 Å². The summed E-state index contributed by atoms with van der Waals surface area (Å²) in [7, 11) is 0. The fraction of sp³-hybridized carbons (Fsp3) is 0.364. The lowest BCUT2D eigenvalue weighted by molar-refractivity contribution is -0.138. The van der Waals surface area contributed by atoms with Crippen LogP contribution in [0.25, 0.3) is 0 Å². The molecule has 0 aliphatic heterocycles. The highest BCUT2D eigenvalue weighted by atomic mass is 35.5. The van der Waals surface area contributed by atoms with Crippen molar-refractivity contribution < 1.29 is 18.0 Å². The lowest BCUT2D eigenvalue weighted by Crippen LogP contribution is -2.14. The van der Waals surface area contributed by atoms with Crippen LogP contribution in [0.15, 0.2) is 23.1 Å². The first-order chi connectivity index (χ1) is 7.90. The summed E-state index contributed by atoms with van der Waals surface area (Å²) in [4.78, 5) is 11.7. The fourth-order valence-electron chi connectivity index (χ4n) is 1.45. The largest absolute Gasteiger partial charge is 0.416 e. The van der Waals surface area contributed by atoms with Gasteiger partial charge in [-0.1, -0.05) is 6.07 Å². The molecule has 0 saturated heterocycles. The molecule has 94 valence electrons. The summed E-state index contributed by atoms with van der Waals surface area (Å²) in [6.45, 7) is 0. The third kappa shape index (κ3) is 3.64. The zero-order valence-corrected chi connectivity index (χ0v) is 10.5. The Bertz CT molecular complexity index is 418. The molecule has 0 atom stereocenters. The lowest BCUT2D eigenvalue weighted by atomic mass is 10.0. The molecule has 17 heavy (non-hydrogen) atoms. The Kier molecular flexibility index (Phi) is 4.89. The van der Waals surface area contributed by atoms with Crippen molar-refractivity contribution in [3.63, 3.8) is 0 Å². The summed E-state index contributed by atoms with van der Waals surface area (Å²) in [5, 5.41) is 0. The topological polar surface area (TPSA) is 17.1 Å². The molecule has 1 rings (SSSR count). The first-order valence-corrected chi connectivity index (χ1v) is 6.46. The highest BCUT2D eigenvalue weighted by Gasteiger charge is 2.34. The molecular weight excluding hydrogens is 273 g/mol. The Hall–Kier alpha value is -0.680. The van der Waals surface area contributed by atoms with E-state index in [0.717, 1.165) is 6.07 Å². The lowest BCUT2D eigenvalue weighted by Gasteiger charge is -2.15. The summed E-state index contributed by atoms with van der Waals surface area (Å²) < 4.78 is 38.3. The summed E-state index contributed by atoms with van der Waals surface area (Å²) in [5.41, 5.74) is -0.749. The molecule has 1 aromatic carbocycles. The van der Waals surface area contributed by atoms with Gasteiger partial charge >= 0.3 is 6.18 Å². The molecule has 0 aromatic heterocycles. The van der Waals surface area contributed by atoms with E-state index in [2.05, 4.69) is 0 Å². The number of alkyl halides is 4. The van der Waals surface area contributed by atoms with Crippen LogP contribution in [0.3, 0.4) is 0 Å². The number of hydrogen-bond acceptors (Lipinski definition) is 2. The van der Waals surface area contributed by atoms with Gasteiger partial charge in [0, 0.05) is 11.3 Å². The second kappa shape index (κ2) is 5.78. The Balaban J connectivity index is 3.26. The number of halogens is 4. The number of ketones is 1. The predicted molar refractivity (Wildman–Crippen MR) is 62.7 cm³/mol. The SMILES string of the molecule is CSc1cccc(C(F)(F)F)c1CC(=O)CCl. The van der Waals surface area contributed by atoms with Crippen molar-refractivity contribution in [2.24, 2.45) is 0 Å². The normalized spacial score (nSPS) is 11.6. The zero-order valence-electron chi connectivity index (χ0n) is 8.97. The zero-order chi connectivity index (χ0) is 13.1. The van der Waals surface area contributed by atoms with Crippen LogP contribution in [0.2, 0.25) is 0 Å². The average Bonchev–Trinajstić information content (AvgIpc) is 2.27. The van der Waals surface area contributed by atoms with Crippen LogP contribution in [0, 0.1) is 0 Å². The van der Waals surface area contributed by atoms with Crippen LogP contribution >= 0.6 is 23.4 Å². The van der Waals surface area contributed by atoms with Gasteiger partial charge in [0.1, 0.15) is 0 Å². The number of rotatable bonds is 4. The van der Waals surface area contributed by atoms with Gasteiger partial charge < -0.3 is 0 Å². The second-order valence-corrected chi connectivity index (χ2v) is 4.45. The second-order valence-electron chi connectivity index (χ2n) is 3.33. The van der Waals surface area contributed by atoms with E-state index < -0.39 is 17.5 Å². The molecule has 0 bridgehead atoms. The molecule has 0 spiro atoms. The van der Waals surface area contributed by atoms with Gasteiger partial charge in [-0.2, -0.15) is 13.2 Å². The van der Waals surface area contributed by atoms with Crippen LogP contribution in [0.5, 0.6) is 0 Å². The van der Waals surface area contributed by atoms with Crippen molar-refractivity contribution in [1.82, 2.24) is 0 Å². The summed E-state index contributed by atoms with van der Waals surface area (Å²) >= 11 is 6.51. The summed E-state index contributed by atoms with van der Waals surface area (Å²) in [6.07, 6.45) is -3.06. The minimum atomic E-state index is -4.45. The minimum Gasteiger partial charge on any atom is -0.298 e. The van der Waals surface area contributed by atoms with Gasteiger partial charge in [0.05, 0.1) is 11.4 Å². The molecule has 0 N–H and O–H groups in total. The van der Waals surface area contributed by atoms with Gasteiger partial charge in [0.15, 0.2) is 5.78 Å². The summed E-state index contributed by atoms with van der Waals surface area (Å²) in [5.74, 6) is -0.696. The maximum Gasteiger partial charge on any atom is 0.416 e. The van der Waals surface area contributed by atoms with E-state index in [1.54, 1.807) is 12.3 Å². The summed E-state index contributed by atoms with van der Waals surface area (Å²) in [6, 6.07) is 3.89.